The highest BCUT2D eigenvalue weighted by molar-refractivity contribution is 7.21. The zero-order valence-corrected chi connectivity index (χ0v) is 13.5. The van der Waals surface area contributed by atoms with Crippen molar-refractivity contribution in [2.24, 2.45) is 5.73 Å². The maximum absolute atomic E-state index is 13.9. The van der Waals surface area contributed by atoms with Gasteiger partial charge in [-0.25, -0.2) is 9.18 Å². The molecule has 5 nitrogen and oxygen atoms in total. The lowest BCUT2D eigenvalue weighted by Crippen LogP contribution is -2.19. The predicted molar refractivity (Wildman–Crippen MR) is 94.1 cm³/mol. The molecule has 2 aromatic carbocycles. The van der Waals surface area contributed by atoms with E-state index in [4.69, 9.17) is 5.73 Å². The number of anilines is 2. The van der Waals surface area contributed by atoms with Gasteiger partial charge in [-0.15, -0.1) is 11.3 Å². The van der Waals surface area contributed by atoms with E-state index in [1.54, 1.807) is 43.3 Å². The van der Waals surface area contributed by atoms with Gasteiger partial charge in [0, 0.05) is 21.5 Å². The van der Waals surface area contributed by atoms with Crippen LogP contribution < -0.4 is 16.4 Å². The van der Waals surface area contributed by atoms with Crippen LogP contribution in [-0.4, -0.2) is 11.9 Å². The van der Waals surface area contributed by atoms with Crippen molar-refractivity contribution in [1.29, 1.82) is 0 Å². The molecule has 0 atom stereocenters. The average Bonchev–Trinajstić information content (AvgIpc) is 2.85. The van der Waals surface area contributed by atoms with Gasteiger partial charge in [0.15, 0.2) is 0 Å². The summed E-state index contributed by atoms with van der Waals surface area (Å²) < 4.78 is 14.7. The van der Waals surface area contributed by atoms with Gasteiger partial charge < -0.3 is 16.4 Å². The summed E-state index contributed by atoms with van der Waals surface area (Å²) in [5.74, 6) is -0.669. The van der Waals surface area contributed by atoms with Crippen LogP contribution in [0.2, 0.25) is 0 Å². The molecule has 0 fully saturated rings. The summed E-state index contributed by atoms with van der Waals surface area (Å²) in [6.45, 7) is 1.72. The highest BCUT2D eigenvalue weighted by Gasteiger charge is 2.18. The summed E-state index contributed by atoms with van der Waals surface area (Å²) in [7, 11) is 0. The zero-order chi connectivity index (χ0) is 17.3. The van der Waals surface area contributed by atoms with Crippen LogP contribution in [0.1, 0.15) is 15.2 Å². The van der Waals surface area contributed by atoms with Gasteiger partial charge in [0.25, 0.3) is 5.91 Å². The topological polar surface area (TPSA) is 84.2 Å². The van der Waals surface area contributed by atoms with Gasteiger partial charge in [-0.2, -0.15) is 0 Å². The number of aryl methyl sites for hydroxylation is 1. The predicted octanol–water partition coefficient (Wildman–Crippen LogP) is 4.09. The highest BCUT2D eigenvalue weighted by Crippen LogP contribution is 2.33. The number of fused-ring (bicyclic) bond motifs is 1. The van der Waals surface area contributed by atoms with Crippen LogP contribution in [0.15, 0.2) is 42.5 Å². The van der Waals surface area contributed by atoms with E-state index in [0.717, 1.165) is 4.70 Å². The highest BCUT2D eigenvalue weighted by atomic mass is 32.1. The quantitative estimate of drug-likeness (QED) is 0.669. The number of amides is 3. The van der Waals surface area contributed by atoms with E-state index < -0.39 is 6.03 Å². The van der Waals surface area contributed by atoms with Crippen LogP contribution in [-0.2, 0) is 0 Å². The van der Waals surface area contributed by atoms with E-state index in [1.165, 1.54) is 17.4 Å². The van der Waals surface area contributed by atoms with Crippen LogP contribution in [0.5, 0.6) is 0 Å². The van der Waals surface area contributed by atoms with Crippen molar-refractivity contribution >= 4 is 44.7 Å². The number of carbonyl (C=O) groups excluding carboxylic acids is 2. The van der Waals surface area contributed by atoms with E-state index in [2.05, 4.69) is 10.6 Å². The Labute approximate surface area is 141 Å². The Morgan fingerprint density at radius 1 is 1.08 bits per heavy atom. The maximum Gasteiger partial charge on any atom is 0.316 e. The summed E-state index contributed by atoms with van der Waals surface area (Å²) in [6.07, 6.45) is 0. The van der Waals surface area contributed by atoms with E-state index in [9.17, 15) is 14.0 Å². The number of thiophene rings is 1. The lowest BCUT2D eigenvalue weighted by atomic mass is 10.1. The summed E-state index contributed by atoms with van der Waals surface area (Å²) in [5, 5.41) is 5.66. The Kier molecular flexibility index (Phi) is 4.18. The number of nitrogens with two attached hydrogens (primary N) is 1. The fourth-order valence-corrected chi connectivity index (χ4v) is 3.59. The van der Waals surface area contributed by atoms with Crippen molar-refractivity contribution < 1.29 is 14.0 Å². The van der Waals surface area contributed by atoms with Crippen molar-refractivity contribution in [2.45, 2.75) is 6.92 Å². The second-order valence-corrected chi connectivity index (χ2v) is 6.25. The minimum Gasteiger partial charge on any atom is -0.351 e. The minimum absolute atomic E-state index is 0.329. The summed E-state index contributed by atoms with van der Waals surface area (Å²) in [4.78, 5) is 23.9. The SMILES string of the molecule is Cc1c(C(=O)Nc2cccc(NC(N)=O)c2)sc2cccc(F)c12. The fourth-order valence-electron chi connectivity index (χ4n) is 2.47. The van der Waals surface area contributed by atoms with Crippen molar-refractivity contribution in [3.8, 4) is 0 Å². The maximum atomic E-state index is 13.9. The second-order valence-electron chi connectivity index (χ2n) is 5.19. The smallest absolute Gasteiger partial charge is 0.316 e. The Morgan fingerprint density at radius 3 is 2.42 bits per heavy atom. The van der Waals surface area contributed by atoms with Gasteiger partial charge in [0.05, 0.1) is 4.88 Å². The monoisotopic (exact) mass is 343 g/mol. The van der Waals surface area contributed by atoms with Gasteiger partial charge in [0.1, 0.15) is 5.82 Å². The molecular weight excluding hydrogens is 329 g/mol. The Morgan fingerprint density at radius 2 is 1.75 bits per heavy atom. The summed E-state index contributed by atoms with van der Waals surface area (Å²) >= 11 is 1.24. The van der Waals surface area contributed by atoms with E-state index in [1.807, 2.05) is 0 Å². The van der Waals surface area contributed by atoms with Gasteiger partial charge in [-0.1, -0.05) is 12.1 Å². The molecule has 0 spiro atoms. The third-order valence-corrected chi connectivity index (χ3v) is 4.75. The molecule has 3 rings (SSSR count). The number of hydrogen-bond acceptors (Lipinski definition) is 3. The molecule has 0 aliphatic rings. The molecule has 0 aliphatic heterocycles. The molecule has 0 saturated carbocycles. The Hall–Kier alpha value is -2.93. The first-order valence-corrected chi connectivity index (χ1v) is 7.93. The van der Waals surface area contributed by atoms with E-state index in [-0.39, 0.29) is 11.7 Å². The number of halogens is 1. The molecule has 3 aromatic rings. The van der Waals surface area contributed by atoms with E-state index >= 15 is 0 Å². The molecule has 1 aromatic heterocycles. The minimum atomic E-state index is -0.686. The van der Waals surface area contributed by atoms with E-state index in [0.29, 0.717) is 27.2 Å². The standard InChI is InChI=1S/C17H14FN3O2S/c1-9-14-12(18)6-3-7-13(14)24-15(9)16(22)20-10-4-2-5-11(8-10)21-17(19)23/h2-8H,1H3,(H,20,22)(H3,19,21,23). The van der Waals surface area contributed by atoms with Crippen LogP contribution in [0.4, 0.5) is 20.6 Å². The van der Waals surface area contributed by atoms with Gasteiger partial charge in [0.2, 0.25) is 0 Å². The Bertz CT molecular complexity index is 952. The summed E-state index contributed by atoms with van der Waals surface area (Å²) in [5.41, 5.74) is 6.66. The van der Waals surface area contributed by atoms with Gasteiger partial charge in [-0.05, 0) is 42.8 Å². The Balaban J connectivity index is 1.89. The third-order valence-electron chi connectivity index (χ3n) is 3.50. The number of benzene rings is 2. The number of primary amides is 1. The number of rotatable bonds is 3. The van der Waals surface area contributed by atoms with Crippen molar-refractivity contribution in [3.63, 3.8) is 0 Å². The average molecular weight is 343 g/mol. The third kappa shape index (κ3) is 3.07. The first-order valence-electron chi connectivity index (χ1n) is 7.11. The lowest BCUT2D eigenvalue weighted by molar-refractivity contribution is 0.103. The summed E-state index contributed by atoms with van der Waals surface area (Å²) in [6, 6.07) is 10.7. The molecule has 0 aliphatic carbocycles. The van der Waals surface area contributed by atoms with Crippen LogP contribution in [0, 0.1) is 12.7 Å². The first kappa shape index (κ1) is 15.9. The largest absolute Gasteiger partial charge is 0.351 e. The molecule has 24 heavy (non-hydrogen) atoms. The lowest BCUT2D eigenvalue weighted by Gasteiger charge is -2.07. The molecule has 0 radical (unpaired) electrons. The number of carbonyl (C=O) groups is 2. The van der Waals surface area contributed by atoms with Crippen molar-refractivity contribution in [2.75, 3.05) is 10.6 Å². The molecule has 1 heterocycles. The van der Waals surface area contributed by atoms with Crippen molar-refractivity contribution in [3.05, 3.63) is 58.7 Å². The van der Waals surface area contributed by atoms with Crippen LogP contribution >= 0.6 is 11.3 Å². The molecule has 122 valence electrons. The molecule has 7 heteroatoms. The first-order chi connectivity index (χ1) is 11.5. The van der Waals surface area contributed by atoms with Gasteiger partial charge in [-0.3, -0.25) is 4.79 Å². The number of nitrogens with one attached hydrogen (secondary N) is 2. The molecule has 4 N–H and O–H groups in total. The number of hydrogen-bond donors (Lipinski definition) is 3. The normalized spacial score (nSPS) is 10.6. The second kappa shape index (κ2) is 6.29. The van der Waals surface area contributed by atoms with Crippen LogP contribution in [0.25, 0.3) is 10.1 Å². The van der Waals surface area contributed by atoms with Gasteiger partial charge >= 0.3 is 6.03 Å². The zero-order valence-electron chi connectivity index (χ0n) is 12.7. The number of urea groups is 1. The van der Waals surface area contributed by atoms with Crippen molar-refractivity contribution in [1.82, 2.24) is 0 Å². The molecular formula is C17H14FN3O2S. The molecule has 0 bridgehead atoms. The fraction of sp³-hybridized carbons (Fsp3) is 0.0588. The molecule has 0 saturated heterocycles. The molecule has 0 unspecified atom stereocenters. The van der Waals surface area contributed by atoms with Crippen LogP contribution in [0.3, 0.4) is 0 Å². The molecule has 3 amide bonds.